The molecule has 1 aliphatic heterocycles. The standard InChI is InChI=1S/C25H26N8O3/c1-26-18-10-23(30-33-21(12-27-24(18)33)25(35)29-17-6-7-22(17)36-2)31-9-8-16-19(31)4-3-5-20(16)32-13-15(14-34)11-28-32/h3-5,10-14,17,22,26H,6-9H2,1-2H3,(H,29,35)/t17-,22-/m1/s1. The quantitative estimate of drug-likeness (QED) is 0.382. The number of fused-ring (bicyclic) bond motifs is 2. The Morgan fingerprint density at radius 3 is 2.81 bits per heavy atom. The van der Waals surface area contributed by atoms with Gasteiger partial charge in [0, 0.05) is 44.2 Å². The summed E-state index contributed by atoms with van der Waals surface area (Å²) in [6.07, 6.45) is 8.27. The van der Waals surface area contributed by atoms with Crippen LogP contribution in [0.25, 0.3) is 11.3 Å². The second-order valence-corrected chi connectivity index (χ2v) is 8.99. The molecule has 1 fully saturated rings. The first-order valence-corrected chi connectivity index (χ1v) is 11.9. The summed E-state index contributed by atoms with van der Waals surface area (Å²) in [5.41, 5.74) is 5.29. The molecule has 1 amide bonds. The lowest BCUT2D eigenvalue weighted by molar-refractivity contribution is 0.00718. The molecule has 11 nitrogen and oxygen atoms in total. The van der Waals surface area contributed by atoms with Crippen molar-refractivity contribution in [2.24, 2.45) is 0 Å². The molecule has 2 atom stereocenters. The Kier molecular flexibility index (Phi) is 5.41. The minimum Gasteiger partial charge on any atom is -0.385 e. The van der Waals surface area contributed by atoms with E-state index in [1.807, 2.05) is 31.3 Å². The summed E-state index contributed by atoms with van der Waals surface area (Å²) < 4.78 is 8.75. The third-order valence-corrected chi connectivity index (χ3v) is 7.05. The predicted molar refractivity (Wildman–Crippen MR) is 133 cm³/mol. The highest BCUT2D eigenvalue weighted by atomic mass is 16.5. The number of ether oxygens (including phenoxy) is 1. The fraction of sp³-hybridized carbons (Fsp3) is 0.320. The Bertz CT molecular complexity index is 1470. The Labute approximate surface area is 207 Å². The van der Waals surface area contributed by atoms with E-state index in [4.69, 9.17) is 9.84 Å². The number of imidazole rings is 1. The Hall–Kier alpha value is -4.25. The van der Waals surface area contributed by atoms with Crippen LogP contribution in [0.4, 0.5) is 17.2 Å². The number of amides is 1. The van der Waals surface area contributed by atoms with Crippen molar-refractivity contribution in [3.63, 3.8) is 0 Å². The maximum absolute atomic E-state index is 13.1. The van der Waals surface area contributed by atoms with Gasteiger partial charge in [-0.25, -0.2) is 14.2 Å². The Balaban J connectivity index is 1.37. The summed E-state index contributed by atoms with van der Waals surface area (Å²) in [5, 5.41) is 15.4. The summed E-state index contributed by atoms with van der Waals surface area (Å²) in [4.78, 5) is 30.8. The van der Waals surface area contributed by atoms with Crippen LogP contribution in [-0.4, -0.2) is 69.4 Å². The van der Waals surface area contributed by atoms with E-state index in [-0.39, 0.29) is 18.1 Å². The van der Waals surface area contributed by atoms with Gasteiger partial charge in [-0.3, -0.25) is 9.59 Å². The van der Waals surface area contributed by atoms with E-state index < -0.39 is 0 Å². The van der Waals surface area contributed by atoms with E-state index in [1.54, 1.807) is 34.9 Å². The summed E-state index contributed by atoms with van der Waals surface area (Å²) in [6.45, 7) is 0.712. The molecule has 11 heteroatoms. The van der Waals surface area contributed by atoms with E-state index in [0.717, 1.165) is 48.2 Å². The van der Waals surface area contributed by atoms with E-state index >= 15 is 0 Å². The molecule has 36 heavy (non-hydrogen) atoms. The molecular weight excluding hydrogens is 460 g/mol. The third kappa shape index (κ3) is 3.51. The van der Waals surface area contributed by atoms with Gasteiger partial charge in [0.05, 0.1) is 41.5 Å². The predicted octanol–water partition coefficient (Wildman–Crippen LogP) is 2.37. The molecule has 2 N–H and O–H groups in total. The van der Waals surface area contributed by atoms with Crippen molar-refractivity contribution in [2.75, 3.05) is 30.9 Å². The second kappa shape index (κ2) is 8.76. The molecule has 3 aromatic heterocycles. The van der Waals surface area contributed by atoms with Crippen LogP contribution in [-0.2, 0) is 11.2 Å². The van der Waals surface area contributed by atoms with Crippen LogP contribution in [0.15, 0.2) is 42.9 Å². The van der Waals surface area contributed by atoms with Gasteiger partial charge in [0.1, 0.15) is 0 Å². The zero-order valence-electron chi connectivity index (χ0n) is 20.0. The van der Waals surface area contributed by atoms with E-state index in [0.29, 0.717) is 29.3 Å². The number of aldehydes is 1. The number of hydrogen-bond acceptors (Lipinski definition) is 8. The molecule has 0 bridgehead atoms. The highest BCUT2D eigenvalue weighted by Gasteiger charge is 2.33. The average Bonchev–Trinajstić information content (AvgIpc) is 3.63. The van der Waals surface area contributed by atoms with Gasteiger partial charge in [0.15, 0.2) is 23.4 Å². The minimum atomic E-state index is -0.227. The van der Waals surface area contributed by atoms with Crippen LogP contribution in [0.2, 0.25) is 0 Å². The molecule has 0 spiro atoms. The second-order valence-electron chi connectivity index (χ2n) is 8.99. The largest absolute Gasteiger partial charge is 0.385 e. The number of carbonyl (C=O) groups excluding carboxylic acids is 2. The lowest BCUT2D eigenvalue weighted by Gasteiger charge is -2.35. The molecule has 6 rings (SSSR count). The summed E-state index contributed by atoms with van der Waals surface area (Å²) in [5.74, 6) is 0.469. The zero-order chi connectivity index (χ0) is 24.8. The van der Waals surface area contributed by atoms with Gasteiger partial charge in [-0.15, -0.1) is 5.10 Å². The fourth-order valence-corrected chi connectivity index (χ4v) is 4.98. The lowest BCUT2D eigenvalue weighted by atomic mass is 9.89. The van der Waals surface area contributed by atoms with Crippen molar-refractivity contribution in [1.29, 1.82) is 0 Å². The van der Waals surface area contributed by atoms with Gasteiger partial charge in [-0.1, -0.05) is 6.07 Å². The summed E-state index contributed by atoms with van der Waals surface area (Å²) in [7, 11) is 3.49. The molecule has 4 aromatic rings. The van der Waals surface area contributed by atoms with Crippen LogP contribution >= 0.6 is 0 Å². The molecule has 0 saturated heterocycles. The van der Waals surface area contributed by atoms with Gasteiger partial charge >= 0.3 is 0 Å². The molecule has 0 unspecified atom stereocenters. The minimum absolute atomic E-state index is 0.00842. The van der Waals surface area contributed by atoms with E-state index in [9.17, 15) is 9.59 Å². The van der Waals surface area contributed by atoms with Crippen molar-refractivity contribution in [1.82, 2.24) is 29.7 Å². The van der Waals surface area contributed by atoms with Crippen LogP contribution in [0.3, 0.4) is 0 Å². The number of hydrogen-bond donors (Lipinski definition) is 2. The summed E-state index contributed by atoms with van der Waals surface area (Å²) >= 11 is 0. The van der Waals surface area contributed by atoms with Crippen molar-refractivity contribution >= 4 is 35.0 Å². The topological polar surface area (TPSA) is 119 Å². The molecule has 184 valence electrons. The van der Waals surface area contributed by atoms with Crippen LogP contribution in [0.5, 0.6) is 0 Å². The molecule has 4 heterocycles. The van der Waals surface area contributed by atoms with Gasteiger partial charge < -0.3 is 20.3 Å². The number of methoxy groups -OCH3 is 1. The number of rotatable bonds is 7. The van der Waals surface area contributed by atoms with Crippen LogP contribution in [0.1, 0.15) is 39.3 Å². The van der Waals surface area contributed by atoms with E-state index in [2.05, 4.69) is 25.6 Å². The fourth-order valence-electron chi connectivity index (χ4n) is 4.98. The molecule has 0 radical (unpaired) electrons. The first-order chi connectivity index (χ1) is 17.6. The first-order valence-electron chi connectivity index (χ1n) is 11.9. The van der Waals surface area contributed by atoms with Crippen molar-refractivity contribution in [3.05, 3.63) is 59.7 Å². The number of benzene rings is 1. The maximum atomic E-state index is 13.1. The normalized spacial score (nSPS) is 18.7. The molecule has 1 aliphatic carbocycles. The van der Waals surface area contributed by atoms with Crippen molar-refractivity contribution in [3.8, 4) is 5.69 Å². The van der Waals surface area contributed by atoms with Gasteiger partial charge in [-0.2, -0.15) is 5.10 Å². The Morgan fingerprint density at radius 1 is 1.22 bits per heavy atom. The van der Waals surface area contributed by atoms with E-state index in [1.165, 1.54) is 0 Å². The van der Waals surface area contributed by atoms with Crippen LogP contribution in [0, 0.1) is 0 Å². The number of anilines is 3. The average molecular weight is 487 g/mol. The first kappa shape index (κ1) is 22.2. The zero-order valence-corrected chi connectivity index (χ0v) is 20.0. The molecular formula is C25H26N8O3. The highest BCUT2D eigenvalue weighted by molar-refractivity contribution is 5.94. The highest BCUT2D eigenvalue weighted by Crippen LogP contribution is 2.38. The smallest absolute Gasteiger partial charge is 0.271 e. The number of nitrogens with one attached hydrogen (secondary N) is 2. The van der Waals surface area contributed by atoms with Crippen molar-refractivity contribution < 1.29 is 14.3 Å². The number of nitrogens with zero attached hydrogens (tertiary/aromatic N) is 6. The van der Waals surface area contributed by atoms with Gasteiger partial charge in [0.2, 0.25) is 0 Å². The molecule has 1 saturated carbocycles. The molecule has 2 aliphatic rings. The monoisotopic (exact) mass is 486 g/mol. The van der Waals surface area contributed by atoms with Crippen LogP contribution < -0.4 is 15.5 Å². The van der Waals surface area contributed by atoms with Gasteiger partial charge in [-0.05, 0) is 31.4 Å². The van der Waals surface area contributed by atoms with Crippen molar-refractivity contribution in [2.45, 2.75) is 31.4 Å². The lowest BCUT2D eigenvalue weighted by Crippen LogP contribution is -2.51. The Morgan fingerprint density at radius 2 is 2.08 bits per heavy atom. The third-order valence-electron chi connectivity index (χ3n) is 7.05. The number of aromatic nitrogens is 5. The number of carbonyl (C=O) groups is 2. The maximum Gasteiger partial charge on any atom is 0.271 e. The summed E-state index contributed by atoms with van der Waals surface area (Å²) in [6, 6.07) is 7.94. The van der Waals surface area contributed by atoms with Gasteiger partial charge in [0.25, 0.3) is 5.91 Å². The molecule has 1 aromatic carbocycles. The SMILES string of the molecule is CNc1cc(N2CCc3c2cccc3-n2cc(C=O)cn2)nn2c(C(=O)N[C@@H]3CC[C@H]3OC)cnc12.